The summed E-state index contributed by atoms with van der Waals surface area (Å²) in [6.07, 6.45) is 4.94. The molecule has 0 bridgehead atoms. The van der Waals surface area contributed by atoms with Crippen molar-refractivity contribution in [3.63, 3.8) is 0 Å². The molecule has 1 aromatic carbocycles. The van der Waals surface area contributed by atoms with Gasteiger partial charge in [-0.05, 0) is 57.7 Å². The largest absolute Gasteiger partial charge is 0.465 e. The van der Waals surface area contributed by atoms with Crippen molar-refractivity contribution in [1.29, 1.82) is 0 Å². The summed E-state index contributed by atoms with van der Waals surface area (Å²) in [6, 6.07) is 6.58. The number of rotatable bonds is 5. The van der Waals surface area contributed by atoms with Gasteiger partial charge in [0.25, 0.3) is 0 Å². The van der Waals surface area contributed by atoms with E-state index in [9.17, 15) is 14.0 Å². The number of methoxy groups -OCH3 is 1. The van der Waals surface area contributed by atoms with E-state index in [2.05, 4.69) is 14.9 Å². The Morgan fingerprint density at radius 1 is 1.09 bits per heavy atom. The SMILES string of the molecule is COC(=O)c1cnc(N2CCC(N(C(=O)OC(C)(C)C)C3CC3c3ccc(F)cc3)CC2)nc1. The molecule has 2 aromatic rings. The van der Waals surface area contributed by atoms with Crippen LogP contribution in [0.5, 0.6) is 0 Å². The van der Waals surface area contributed by atoms with Crippen LogP contribution in [0.2, 0.25) is 0 Å². The third-order valence-corrected chi connectivity index (χ3v) is 6.22. The number of nitrogens with zero attached hydrogens (tertiary/aromatic N) is 4. The molecule has 0 spiro atoms. The van der Waals surface area contributed by atoms with E-state index in [4.69, 9.17) is 9.47 Å². The molecule has 2 aliphatic rings. The molecule has 2 heterocycles. The van der Waals surface area contributed by atoms with Gasteiger partial charge >= 0.3 is 12.1 Å². The Morgan fingerprint density at radius 2 is 1.71 bits per heavy atom. The number of ether oxygens (including phenoxy) is 2. The Labute approximate surface area is 199 Å². The molecule has 1 aliphatic heterocycles. The smallest absolute Gasteiger partial charge is 0.410 e. The molecule has 182 valence electrons. The lowest BCUT2D eigenvalue weighted by Crippen LogP contribution is -2.50. The van der Waals surface area contributed by atoms with Crippen molar-refractivity contribution in [3.05, 3.63) is 53.6 Å². The fourth-order valence-electron chi connectivity index (χ4n) is 4.48. The monoisotopic (exact) mass is 470 g/mol. The average Bonchev–Trinajstić information content (AvgIpc) is 3.59. The summed E-state index contributed by atoms with van der Waals surface area (Å²) in [4.78, 5) is 37.4. The molecule has 1 aromatic heterocycles. The summed E-state index contributed by atoms with van der Waals surface area (Å²) < 4.78 is 23.8. The lowest BCUT2D eigenvalue weighted by Gasteiger charge is -2.39. The number of hydrogen-bond acceptors (Lipinski definition) is 7. The molecule has 1 aliphatic carbocycles. The van der Waals surface area contributed by atoms with Crippen molar-refractivity contribution in [2.45, 2.75) is 63.6 Å². The quantitative estimate of drug-likeness (QED) is 0.607. The van der Waals surface area contributed by atoms with Crippen molar-refractivity contribution in [2.75, 3.05) is 25.1 Å². The highest BCUT2D eigenvalue weighted by atomic mass is 19.1. The number of aromatic nitrogens is 2. The number of carbonyl (C=O) groups excluding carboxylic acids is 2. The van der Waals surface area contributed by atoms with Crippen LogP contribution in [0.1, 0.15) is 61.9 Å². The minimum absolute atomic E-state index is 0.0240. The van der Waals surface area contributed by atoms with Gasteiger partial charge in [-0.25, -0.2) is 23.9 Å². The number of benzene rings is 1. The van der Waals surface area contributed by atoms with Gasteiger partial charge in [0, 0.05) is 43.5 Å². The highest BCUT2D eigenvalue weighted by Gasteiger charge is 2.49. The Hall–Kier alpha value is -3.23. The van der Waals surface area contributed by atoms with Crippen molar-refractivity contribution in [1.82, 2.24) is 14.9 Å². The first-order chi connectivity index (χ1) is 16.2. The van der Waals surface area contributed by atoms with Crippen LogP contribution in [0, 0.1) is 5.82 Å². The minimum Gasteiger partial charge on any atom is -0.465 e. The van der Waals surface area contributed by atoms with Crippen LogP contribution in [0.25, 0.3) is 0 Å². The molecule has 4 rings (SSSR count). The maximum absolute atomic E-state index is 13.4. The number of esters is 1. The van der Waals surface area contributed by atoms with Gasteiger partial charge in [0.05, 0.1) is 12.7 Å². The third-order valence-electron chi connectivity index (χ3n) is 6.22. The van der Waals surface area contributed by atoms with E-state index in [1.165, 1.54) is 31.6 Å². The zero-order chi connectivity index (χ0) is 24.5. The first-order valence-corrected chi connectivity index (χ1v) is 11.6. The normalized spacial score (nSPS) is 20.6. The Bertz CT molecular complexity index is 1010. The van der Waals surface area contributed by atoms with Gasteiger partial charge in [-0.1, -0.05) is 12.1 Å². The van der Waals surface area contributed by atoms with E-state index in [0.717, 1.165) is 24.8 Å². The van der Waals surface area contributed by atoms with Crippen LogP contribution in [-0.2, 0) is 9.47 Å². The zero-order valence-corrected chi connectivity index (χ0v) is 20.0. The summed E-state index contributed by atoms with van der Waals surface area (Å²) >= 11 is 0. The second-order valence-corrected chi connectivity index (χ2v) is 9.83. The first-order valence-electron chi connectivity index (χ1n) is 11.6. The molecular weight excluding hydrogens is 439 g/mol. The average molecular weight is 471 g/mol. The number of hydrogen-bond donors (Lipinski definition) is 0. The van der Waals surface area contributed by atoms with Crippen LogP contribution >= 0.6 is 0 Å². The lowest BCUT2D eigenvalue weighted by atomic mass is 10.0. The van der Waals surface area contributed by atoms with Crippen molar-refractivity contribution in [3.8, 4) is 0 Å². The van der Waals surface area contributed by atoms with Gasteiger partial charge in [-0.3, -0.25) is 0 Å². The number of amides is 1. The summed E-state index contributed by atoms with van der Waals surface area (Å²) in [6.45, 7) is 6.95. The van der Waals surface area contributed by atoms with E-state index >= 15 is 0 Å². The van der Waals surface area contributed by atoms with Crippen molar-refractivity contribution < 1.29 is 23.5 Å². The highest BCUT2D eigenvalue weighted by Crippen LogP contribution is 2.47. The number of anilines is 1. The van der Waals surface area contributed by atoms with Crippen molar-refractivity contribution in [2.24, 2.45) is 0 Å². The number of carbonyl (C=O) groups is 2. The lowest BCUT2D eigenvalue weighted by molar-refractivity contribution is 0.0108. The van der Waals surface area contributed by atoms with Gasteiger partial charge in [0.2, 0.25) is 5.95 Å². The molecule has 2 unspecified atom stereocenters. The number of piperidine rings is 1. The highest BCUT2D eigenvalue weighted by molar-refractivity contribution is 5.88. The standard InChI is InChI=1S/C25H31FN4O4/c1-25(2,3)34-24(32)30(21-13-20(21)16-5-7-18(26)8-6-16)19-9-11-29(12-10-19)23-27-14-17(15-28-23)22(31)33-4/h5-8,14-15,19-21H,9-13H2,1-4H3. The van der Waals surface area contributed by atoms with Gasteiger partial charge in [-0.2, -0.15) is 0 Å². The van der Waals surface area contributed by atoms with Crippen LogP contribution < -0.4 is 4.90 Å². The molecule has 2 atom stereocenters. The molecule has 0 N–H and O–H groups in total. The maximum Gasteiger partial charge on any atom is 0.410 e. The summed E-state index contributed by atoms with van der Waals surface area (Å²) in [7, 11) is 1.32. The zero-order valence-electron chi connectivity index (χ0n) is 20.0. The van der Waals surface area contributed by atoms with Gasteiger partial charge in [0.15, 0.2) is 0 Å². The van der Waals surface area contributed by atoms with Gasteiger partial charge in [-0.15, -0.1) is 0 Å². The maximum atomic E-state index is 13.4. The van der Waals surface area contributed by atoms with E-state index in [-0.39, 0.29) is 29.9 Å². The van der Waals surface area contributed by atoms with E-state index in [1.807, 2.05) is 25.7 Å². The molecule has 9 heteroatoms. The molecule has 1 saturated heterocycles. The predicted molar refractivity (Wildman–Crippen MR) is 124 cm³/mol. The van der Waals surface area contributed by atoms with Crippen LogP contribution in [-0.4, -0.2) is 64.8 Å². The molecular formula is C25H31FN4O4. The van der Waals surface area contributed by atoms with Crippen LogP contribution in [0.4, 0.5) is 15.1 Å². The van der Waals surface area contributed by atoms with Gasteiger partial charge in [0.1, 0.15) is 11.4 Å². The Kier molecular flexibility index (Phi) is 6.72. The van der Waals surface area contributed by atoms with Gasteiger partial charge < -0.3 is 19.3 Å². The summed E-state index contributed by atoms with van der Waals surface area (Å²) in [5, 5.41) is 0. The second-order valence-electron chi connectivity index (χ2n) is 9.83. The Morgan fingerprint density at radius 3 is 2.26 bits per heavy atom. The summed E-state index contributed by atoms with van der Waals surface area (Å²) in [5.74, 6) is -0.0107. The topological polar surface area (TPSA) is 84.9 Å². The molecule has 34 heavy (non-hydrogen) atoms. The third kappa shape index (κ3) is 5.46. The second kappa shape index (κ2) is 9.56. The van der Waals surface area contributed by atoms with Crippen molar-refractivity contribution >= 4 is 18.0 Å². The minimum atomic E-state index is -0.592. The fourth-order valence-corrected chi connectivity index (χ4v) is 4.48. The first kappa shape index (κ1) is 23.9. The van der Waals surface area contributed by atoms with Crippen LogP contribution in [0.3, 0.4) is 0 Å². The molecule has 8 nitrogen and oxygen atoms in total. The van der Waals surface area contributed by atoms with E-state index in [0.29, 0.717) is 24.6 Å². The molecule has 0 radical (unpaired) electrons. The number of halogens is 1. The summed E-state index contributed by atoms with van der Waals surface area (Å²) in [5.41, 5.74) is 0.750. The van der Waals surface area contributed by atoms with E-state index < -0.39 is 11.6 Å². The molecule has 1 amide bonds. The Balaban J connectivity index is 1.44. The fraction of sp³-hybridized carbons (Fsp3) is 0.520. The molecule has 1 saturated carbocycles. The molecule has 2 fully saturated rings. The van der Waals surface area contributed by atoms with E-state index in [1.54, 1.807) is 12.1 Å². The van der Waals surface area contributed by atoms with Crippen LogP contribution in [0.15, 0.2) is 36.7 Å². The predicted octanol–water partition coefficient (Wildman–Crippen LogP) is 4.16.